The van der Waals surface area contributed by atoms with Crippen LogP contribution < -0.4 is 15.4 Å². The lowest BCUT2D eigenvalue weighted by molar-refractivity contribution is -0.0601. The van der Waals surface area contributed by atoms with Crippen LogP contribution in [0, 0.1) is 25.7 Å². The van der Waals surface area contributed by atoms with Gasteiger partial charge in [0.2, 0.25) is 11.8 Å². The van der Waals surface area contributed by atoms with E-state index in [2.05, 4.69) is 15.6 Å². The summed E-state index contributed by atoms with van der Waals surface area (Å²) in [5.41, 5.74) is 1.60. The minimum absolute atomic E-state index is 0.375. The largest absolute Gasteiger partial charge is 0.478 e. The standard InChI is InChI=1S/C27H37N5O5/c1-6-36-20-10-16-9-19(37-24(16)14(3)29-20)21-13(2)30-26(28-12-15-7-8-15)32-25(21)31-18-11-17(27(4,5)35)22(33)23(18)34/h9-10,15,17-18,22-23,33-35H,6-8,11-12H2,1-5H3,(H2,28,30,31,32)/t17-,18+,22+,23-/m0/s1. The van der Waals surface area contributed by atoms with Crippen LogP contribution in [-0.4, -0.2) is 67.3 Å². The summed E-state index contributed by atoms with van der Waals surface area (Å²) in [5.74, 6) is 2.24. The maximum Gasteiger partial charge on any atom is 0.224 e. The molecule has 5 rings (SSSR count). The Labute approximate surface area is 216 Å². The highest BCUT2D eigenvalue weighted by atomic mass is 16.5. The number of pyridine rings is 1. The molecular weight excluding hydrogens is 474 g/mol. The normalized spacial score (nSPS) is 24.0. The van der Waals surface area contributed by atoms with E-state index in [1.807, 2.05) is 32.9 Å². The number of aromatic nitrogens is 3. The maximum absolute atomic E-state index is 10.8. The predicted octanol–water partition coefficient (Wildman–Crippen LogP) is 3.42. The minimum Gasteiger partial charge on any atom is -0.478 e. The van der Waals surface area contributed by atoms with Crippen LogP contribution in [0.2, 0.25) is 0 Å². The van der Waals surface area contributed by atoms with Crippen molar-refractivity contribution in [2.75, 3.05) is 23.8 Å². The Balaban J connectivity index is 1.54. The van der Waals surface area contributed by atoms with E-state index in [0.717, 1.165) is 11.9 Å². The second-order valence-electron chi connectivity index (χ2n) is 10.9. The van der Waals surface area contributed by atoms with Crippen LogP contribution in [0.15, 0.2) is 16.5 Å². The molecular formula is C27H37N5O5. The van der Waals surface area contributed by atoms with Gasteiger partial charge < -0.3 is 35.1 Å². The fourth-order valence-corrected chi connectivity index (χ4v) is 5.19. The summed E-state index contributed by atoms with van der Waals surface area (Å²) in [5, 5.41) is 39.6. The van der Waals surface area contributed by atoms with Gasteiger partial charge in [-0.1, -0.05) is 0 Å². The van der Waals surface area contributed by atoms with Crippen molar-refractivity contribution in [3.8, 4) is 17.2 Å². The number of aliphatic hydroxyl groups is 3. The SMILES string of the molecule is CCOc1cc2cc(-c3c(C)nc(NCC4CC4)nc3N[C@@H]3C[C@H](C(C)(C)O)[C@@H](O)[C@H]3O)oc2c(C)n1. The summed E-state index contributed by atoms with van der Waals surface area (Å²) < 4.78 is 11.9. The van der Waals surface area contributed by atoms with E-state index in [1.165, 1.54) is 12.8 Å². The lowest BCUT2D eigenvalue weighted by Gasteiger charge is -2.28. The van der Waals surface area contributed by atoms with Crippen LogP contribution >= 0.6 is 0 Å². The fourth-order valence-electron chi connectivity index (χ4n) is 5.19. The zero-order valence-corrected chi connectivity index (χ0v) is 22.1. The van der Waals surface area contributed by atoms with Crippen molar-refractivity contribution < 1.29 is 24.5 Å². The Kier molecular flexibility index (Phi) is 6.76. The summed E-state index contributed by atoms with van der Waals surface area (Å²) >= 11 is 0. The second kappa shape index (κ2) is 9.74. The molecule has 10 heteroatoms. The fraction of sp³-hybridized carbons (Fsp3) is 0.593. The van der Waals surface area contributed by atoms with Gasteiger partial charge in [-0.25, -0.2) is 9.97 Å². The molecule has 0 saturated heterocycles. The zero-order chi connectivity index (χ0) is 26.5. The monoisotopic (exact) mass is 511 g/mol. The number of furan rings is 1. The molecule has 0 amide bonds. The third-order valence-electron chi connectivity index (χ3n) is 7.43. The molecule has 0 aliphatic heterocycles. The lowest BCUT2D eigenvalue weighted by Crippen LogP contribution is -2.40. The first-order valence-electron chi connectivity index (χ1n) is 13.1. The Morgan fingerprint density at radius 3 is 2.49 bits per heavy atom. The lowest BCUT2D eigenvalue weighted by atomic mass is 9.88. The highest BCUT2D eigenvalue weighted by molar-refractivity contribution is 5.88. The third-order valence-corrected chi connectivity index (χ3v) is 7.43. The smallest absolute Gasteiger partial charge is 0.224 e. The van der Waals surface area contributed by atoms with Gasteiger partial charge in [0, 0.05) is 23.9 Å². The second-order valence-corrected chi connectivity index (χ2v) is 10.9. The number of ether oxygens (including phenoxy) is 1. The highest BCUT2D eigenvalue weighted by Crippen LogP contribution is 2.40. The van der Waals surface area contributed by atoms with E-state index in [9.17, 15) is 15.3 Å². The number of nitrogens with one attached hydrogen (secondary N) is 2. The predicted molar refractivity (Wildman–Crippen MR) is 141 cm³/mol. The number of aryl methyl sites for hydroxylation is 2. The number of fused-ring (bicyclic) bond motifs is 1. The summed E-state index contributed by atoms with van der Waals surface area (Å²) in [6.45, 7) is 10.3. The molecule has 5 N–H and O–H groups in total. The average molecular weight is 512 g/mol. The van der Waals surface area contributed by atoms with Crippen molar-refractivity contribution >= 4 is 22.7 Å². The number of rotatable bonds is 9. The van der Waals surface area contributed by atoms with Crippen molar-refractivity contribution in [1.29, 1.82) is 0 Å². The summed E-state index contributed by atoms with van der Waals surface area (Å²) in [6, 6.07) is 3.24. The highest BCUT2D eigenvalue weighted by Gasteiger charge is 2.48. The molecule has 37 heavy (non-hydrogen) atoms. The molecule has 0 spiro atoms. The summed E-state index contributed by atoms with van der Waals surface area (Å²) in [6.07, 6.45) is 0.650. The molecule has 3 aromatic rings. The van der Waals surface area contributed by atoms with Crippen molar-refractivity contribution in [3.05, 3.63) is 23.5 Å². The number of anilines is 2. The van der Waals surface area contributed by atoms with E-state index in [1.54, 1.807) is 13.8 Å². The first-order chi connectivity index (χ1) is 17.5. The molecule has 4 atom stereocenters. The van der Waals surface area contributed by atoms with Gasteiger partial charge in [-0.15, -0.1) is 0 Å². The van der Waals surface area contributed by atoms with Crippen LogP contribution in [0.1, 0.15) is 51.4 Å². The Morgan fingerprint density at radius 2 is 1.84 bits per heavy atom. The Hall–Kier alpha value is -2.95. The average Bonchev–Trinajstić information content (AvgIpc) is 3.48. The Bertz CT molecular complexity index is 1280. The van der Waals surface area contributed by atoms with Crippen LogP contribution in [0.3, 0.4) is 0 Å². The number of hydrogen-bond donors (Lipinski definition) is 5. The van der Waals surface area contributed by atoms with Crippen LogP contribution in [-0.2, 0) is 0 Å². The van der Waals surface area contributed by atoms with Crippen molar-refractivity contribution in [1.82, 2.24) is 15.0 Å². The zero-order valence-electron chi connectivity index (χ0n) is 22.1. The van der Waals surface area contributed by atoms with E-state index < -0.39 is 29.8 Å². The molecule has 2 aliphatic rings. The van der Waals surface area contributed by atoms with Gasteiger partial charge in [0.25, 0.3) is 0 Å². The van der Waals surface area contributed by atoms with Crippen molar-refractivity contribution in [2.24, 2.45) is 11.8 Å². The molecule has 3 aromatic heterocycles. The molecule has 0 radical (unpaired) electrons. The number of hydrogen-bond acceptors (Lipinski definition) is 10. The van der Waals surface area contributed by atoms with Crippen molar-refractivity contribution in [3.63, 3.8) is 0 Å². The van der Waals surface area contributed by atoms with Gasteiger partial charge in [-0.05, 0) is 65.9 Å². The molecule has 0 unspecified atom stereocenters. The molecule has 10 nitrogen and oxygen atoms in total. The summed E-state index contributed by atoms with van der Waals surface area (Å²) in [7, 11) is 0. The summed E-state index contributed by atoms with van der Waals surface area (Å²) in [4.78, 5) is 13.9. The molecule has 3 heterocycles. The molecule has 2 saturated carbocycles. The molecule has 200 valence electrons. The van der Waals surface area contributed by atoms with Gasteiger partial charge in [0.05, 0.1) is 41.3 Å². The number of aliphatic hydroxyl groups excluding tert-OH is 2. The van der Waals surface area contributed by atoms with E-state index >= 15 is 0 Å². The minimum atomic E-state index is -1.14. The van der Waals surface area contributed by atoms with Crippen molar-refractivity contribution in [2.45, 2.75) is 77.7 Å². The van der Waals surface area contributed by atoms with E-state index in [4.69, 9.17) is 19.1 Å². The Morgan fingerprint density at radius 1 is 1.08 bits per heavy atom. The third kappa shape index (κ3) is 5.23. The van der Waals surface area contributed by atoms with Gasteiger partial charge in [0.1, 0.15) is 17.7 Å². The first-order valence-corrected chi connectivity index (χ1v) is 13.1. The topological polar surface area (TPSA) is 146 Å². The first kappa shape index (κ1) is 25.7. The quantitative estimate of drug-likeness (QED) is 0.290. The van der Waals surface area contributed by atoms with Crippen LogP contribution in [0.4, 0.5) is 11.8 Å². The van der Waals surface area contributed by atoms with Crippen LogP contribution in [0.5, 0.6) is 5.88 Å². The molecule has 0 aromatic carbocycles. The molecule has 2 aliphatic carbocycles. The van der Waals surface area contributed by atoms with Gasteiger partial charge in [-0.3, -0.25) is 0 Å². The van der Waals surface area contributed by atoms with Gasteiger partial charge in [0.15, 0.2) is 5.58 Å². The van der Waals surface area contributed by atoms with Gasteiger partial charge >= 0.3 is 0 Å². The maximum atomic E-state index is 10.8. The van der Waals surface area contributed by atoms with Gasteiger partial charge in [-0.2, -0.15) is 4.98 Å². The molecule has 0 bridgehead atoms. The van der Waals surface area contributed by atoms with E-state index in [-0.39, 0.29) is 0 Å². The van der Waals surface area contributed by atoms with E-state index in [0.29, 0.717) is 64.9 Å². The molecule has 2 fully saturated rings. The number of nitrogens with zero attached hydrogens (tertiary/aromatic N) is 3. The van der Waals surface area contributed by atoms with Crippen LogP contribution in [0.25, 0.3) is 22.3 Å².